The number of sulfonamides is 1. The summed E-state index contributed by atoms with van der Waals surface area (Å²) in [6, 6.07) is 4.44. The molecule has 0 aliphatic carbocycles. The van der Waals surface area contributed by atoms with Gasteiger partial charge in [0.2, 0.25) is 15.9 Å². The molecule has 1 unspecified atom stereocenters. The molecule has 0 radical (unpaired) electrons. The molecule has 7 nitrogen and oxygen atoms in total. The van der Waals surface area contributed by atoms with Crippen LogP contribution >= 0.6 is 0 Å². The highest BCUT2D eigenvalue weighted by Crippen LogP contribution is 2.33. The molecule has 140 valence electrons. The van der Waals surface area contributed by atoms with Gasteiger partial charge in [-0.15, -0.1) is 0 Å². The summed E-state index contributed by atoms with van der Waals surface area (Å²) in [6.07, 6.45) is 3.14. The molecule has 0 bridgehead atoms. The largest absolute Gasteiger partial charge is 0.330 e. The number of nitrogens with zero attached hydrogens (tertiary/aromatic N) is 3. The number of carbonyl (C=O) groups excluding carboxylic acids is 1. The summed E-state index contributed by atoms with van der Waals surface area (Å²) in [7, 11) is -3.63. The molecule has 1 atom stereocenters. The number of fused-ring (bicyclic) bond motifs is 1. The summed E-state index contributed by atoms with van der Waals surface area (Å²) in [4.78, 5) is 17.3. The zero-order chi connectivity index (χ0) is 19.1. The van der Waals surface area contributed by atoms with Crippen molar-refractivity contribution < 1.29 is 17.6 Å². The molecule has 1 aromatic heterocycles. The summed E-state index contributed by atoms with van der Waals surface area (Å²) in [5, 5.41) is 2.63. The molecular weight excluding hydrogens is 359 g/mol. The number of nitrogens with one attached hydrogen (secondary N) is 1. The second-order valence-corrected chi connectivity index (χ2v) is 8.54. The first kappa shape index (κ1) is 18.5. The lowest BCUT2D eigenvalue weighted by molar-refractivity contribution is -0.120. The van der Waals surface area contributed by atoms with Crippen LogP contribution in [-0.2, 0) is 21.2 Å². The SMILES string of the molecule is CC(C)n1cnc2c1C(C(=O)Nc1cccc(F)c1)N(S(C)(=O)=O)CC2. The van der Waals surface area contributed by atoms with E-state index in [0.717, 1.165) is 6.26 Å². The number of carbonyl (C=O) groups is 1. The topological polar surface area (TPSA) is 84.3 Å². The Morgan fingerprint density at radius 1 is 1.38 bits per heavy atom. The Kier molecular flexibility index (Phi) is 4.85. The molecule has 0 saturated carbocycles. The number of imidazole rings is 1. The summed E-state index contributed by atoms with van der Waals surface area (Å²) < 4.78 is 40.9. The van der Waals surface area contributed by atoms with Crippen LogP contribution in [0.4, 0.5) is 10.1 Å². The van der Waals surface area contributed by atoms with Crippen molar-refractivity contribution in [2.75, 3.05) is 18.1 Å². The number of amides is 1. The van der Waals surface area contributed by atoms with Crippen LogP contribution in [0.2, 0.25) is 0 Å². The minimum absolute atomic E-state index is 0.00947. The van der Waals surface area contributed by atoms with Crippen LogP contribution in [0.5, 0.6) is 0 Å². The third-order valence-corrected chi connectivity index (χ3v) is 5.60. The molecular formula is C17H21FN4O3S. The van der Waals surface area contributed by atoms with Gasteiger partial charge in [0.05, 0.1) is 24.0 Å². The van der Waals surface area contributed by atoms with Gasteiger partial charge in [0.1, 0.15) is 11.9 Å². The van der Waals surface area contributed by atoms with Crippen molar-refractivity contribution in [3.05, 3.63) is 47.8 Å². The van der Waals surface area contributed by atoms with Gasteiger partial charge in [0, 0.05) is 24.7 Å². The van der Waals surface area contributed by atoms with E-state index in [0.29, 0.717) is 17.8 Å². The standard InChI is InChI=1S/C17H21FN4O3S/c1-11(2)21-10-19-14-7-8-22(26(3,24)25)16(15(14)21)17(23)20-13-6-4-5-12(18)9-13/h4-6,9-11,16H,7-8H2,1-3H3,(H,20,23). The molecule has 0 spiro atoms. The third-order valence-electron chi connectivity index (χ3n) is 4.35. The van der Waals surface area contributed by atoms with Crippen molar-refractivity contribution in [3.8, 4) is 0 Å². The summed E-state index contributed by atoms with van der Waals surface area (Å²) >= 11 is 0. The van der Waals surface area contributed by atoms with Gasteiger partial charge < -0.3 is 9.88 Å². The fourth-order valence-corrected chi connectivity index (χ4v) is 4.18. The van der Waals surface area contributed by atoms with Crippen molar-refractivity contribution >= 4 is 21.6 Å². The Hall–Kier alpha value is -2.26. The Balaban J connectivity index is 2.05. The molecule has 26 heavy (non-hydrogen) atoms. The summed E-state index contributed by atoms with van der Waals surface area (Å²) in [5.74, 6) is -1.02. The zero-order valence-electron chi connectivity index (χ0n) is 14.8. The van der Waals surface area contributed by atoms with E-state index in [9.17, 15) is 17.6 Å². The van der Waals surface area contributed by atoms with E-state index >= 15 is 0 Å². The van der Waals surface area contributed by atoms with Gasteiger partial charge in [-0.3, -0.25) is 4.79 Å². The van der Waals surface area contributed by atoms with Crippen LogP contribution in [-0.4, -0.2) is 41.0 Å². The van der Waals surface area contributed by atoms with Crippen LogP contribution in [0.15, 0.2) is 30.6 Å². The van der Waals surface area contributed by atoms with Crippen LogP contribution in [0.25, 0.3) is 0 Å². The average molecular weight is 380 g/mol. The van der Waals surface area contributed by atoms with E-state index < -0.39 is 27.8 Å². The normalized spacial score (nSPS) is 18.0. The predicted octanol–water partition coefficient (Wildman–Crippen LogP) is 2.10. The fraction of sp³-hybridized carbons (Fsp3) is 0.412. The van der Waals surface area contributed by atoms with E-state index in [1.165, 1.54) is 22.5 Å². The minimum atomic E-state index is -3.63. The second-order valence-electron chi connectivity index (χ2n) is 6.60. The van der Waals surface area contributed by atoms with E-state index in [2.05, 4.69) is 10.3 Å². The van der Waals surface area contributed by atoms with Crippen LogP contribution in [0.1, 0.15) is 37.3 Å². The number of hydrogen-bond acceptors (Lipinski definition) is 4. The molecule has 1 aromatic carbocycles. The zero-order valence-corrected chi connectivity index (χ0v) is 15.6. The monoisotopic (exact) mass is 380 g/mol. The summed E-state index contributed by atoms with van der Waals surface area (Å²) in [6.45, 7) is 4.04. The Morgan fingerprint density at radius 2 is 2.12 bits per heavy atom. The maximum atomic E-state index is 13.4. The van der Waals surface area contributed by atoms with Crippen molar-refractivity contribution in [1.82, 2.24) is 13.9 Å². The number of hydrogen-bond donors (Lipinski definition) is 1. The smallest absolute Gasteiger partial charge is 0.248 e. The van der Waals surface area contributed by atoms with Gasteiger partial charge >= 0.3 is 0 Å². The third kappa shape index (κ3) is 3.49. The molecule has 0 fully saturated rings. The minimum Gasteiger partial charge on any atom is -0.330 e. The van der Waals surface area contributed by atoms with Gasteiger partial charge in [0.15, 0.2) is 0 Å². The van der Waals surface area contributed by atoms with E-state index in [-0.39, 0.29) is 18.3 Å². The average Bonchev–Trinajstić information content (AvgIpc) is 2.97. The van der Waals surface area contributed by atoms with Crippen molar-refractivity contribution in [3.63, 3.8) is 0 Å². The first-order chi connectivity index (χ1) is 12.2. The lowest BCUT2D eigenvalue weighted by Gasteiger charge is -2.34. The quantitative estimate of drug-likeness (QED) is 0.880. The van der Waals surface area contributed by atoms with E-state index in [1.807, 2.05) is 18.4 Å². The molecule has 9 heteroatoms. The first-order valence-electron chi connectivity index (χ1n) is 8.27. The van der Waals surface area contributed by atoms with Crippen LogP contribution in [0.3, 0.4) is 0 Å². The lowest BCUT2D eigenvalue weighted by Crippen LogP contribution is -2.45. The van der Waals surface area contributed by atoms with Gasteiger partial charge in [0.25, 0.3) is 0 Å². The maximum Gasteiger partial charge on any atom is 0.248 e. The number of benzene rings is 1. The van der Waals surface area contributed by atoms with Crippen LogP contribution < -0.4 is 5.32 Å². The van der Waals surface area contributed by atoms with E-state index in [1.54, 1.807) is 12.4 Å². The number of aromatic nitrogens is 2. The molecule has 1 aliphatic heterocycles. The van der Waals surface area contributed by atoms with E-state index in [4.69, 9.17) is 0 Å². The van der Waals surface area contributed by atoms with Crippen molar-refractivity contribution in [1.29, 1.82) is 0 Å². The number of rotatable bonds is 4. The van der Waals surface area contributed by atoms with Gasteiger partial charge in [-0.05, 0) is 32.0 Å². The first-order valence-corrected chi connectivity index (χ1v) is 10.1. The molecule has 1 N–H and O–H groups in total. The van der Waals surface area contributed by atoms with Crippen molar-refractivity contribution in [2.24, 2.45) is 0 Å². The maximum absolute atomic E-state index is 13.4. The van der Waals surface area contributed by atoms with Crippen LogP contribution in [0, 0.1) is 5.82 Å². The van der Waals surface area contributed by atoms with Gasteiger partial charge in [-0.25, -0.2) is 17.8 Å². The molecule has 1 aliphatic rings. The van der Waals surface area contributed by atoms with Crippen molar-refractivity contribution in [2.45, 2.75) is 32.4 Å². The Labute approximate surface area is 151 Å². The number of halogens is 1. The van der Waals surface area contributed by atoms with Gasteiger partial charge in [-0.2, -0.15) is 4.31 Å². The predicted molar refractivity (Wildman–Crippen MR) is 95.6 cm³/mol. The molecule has 2 aromatic rings. The molecule has 1 amide bonds. The highest BCUT2D eigenvalue weighted by atomic mass is 32.2. The van der Waals surface area contributed by atoms with Gasteiger partial charge in [-0.1, -0.05) is 6.07 Å². The summed E-state index contributed by atoms with van der Waals surface area (Å²) in [5.41, 5.74) is 1.54. The number of anilines is 1. The lowest BCUT2D eigenvalue weighted by atomic mass is 10.0. The highest BCUT2D eigenvalue weighted by molar-refractivity contribution is 7.88. The fourth-order valence-electron chi connectivity index (χ4n) is 3.18. The molecule has 0 saturated heterocycles. The molecule has 2 heterocycles. The highest BCUT2D eigenvalue weighted by Gasteiger charge is 2.41. The second kappa shape index (κ2) is 6.81. The Morgan fingerprint density at radius 3 is 2.73 bits per heavy atom. The molecule has 3 rings (SSSR count). The Bertz CT molecular complexity index is 939.